The van der Waals surface area contributed by atoms with Crippen molar-refractivity contribution < 1.29 is 22.3 Å². The van der Waals surface area contributed by atoms with Gasteiger partial charge >= 0.3 is 6.36 Å². The maximum Gasteiger partial charge on any atom is 0.573 e. The van der Waals surface area contributed by atoms with Crippen LogP contribution < -0.4 is 10.1 Å². The van der Waals surface area contributed by atoms with E-state index in [4.69, 9.17) is 4.42 Å². The molecule has 0 spiro atoms. The minimum atomic E-state index is -4.70. The number of halogens is 3. The Kier molecular flexibility index (Phi) is 4.85. The Morgan fingerprint density at radius 3 is 2.67 bits per heavy atom. The molecule has 0 aliphatic heterocycles. The van der Waals surface area contributed by atoms with Gasteiger partial charge in [-0.2, -0.15) is 0 Å². The summed E-state index contributed by atoms with van der Waals surface area (Å²) >= 11 is 0. The number of aromatic nitrogens is 1. The monoisotopic (exact) mass is 300 g/mol. The number of oxazole rings is 1. The minimum absolute atomic E-state index is 0.209. The van der Waals surface area contributed by atoms with E-state index in [2.05, 4.69) is 15.0 Å². The van der Waals surface area contributed by atoms with Gasteiger partial charge < -0.3 is 14.5 Å². The fraction of sp³-hybridized carbons (Fsp3) is 0.357. The molecule has 1 aromatic heterocycles. The third-order valence-corrected chi connectivity index (χ3v) is 2.74. The molecule has 0 unspecified atom stereocenters. The first-order valence-electron chi connectivity index (χ1n) is 6.46. The number of aryl methyl sites for hydroxylation is 1. The number of nitrogens with zero attached hydrogens (tertiary/aromatic N) is 1. The lowest BCUT2D eigenvalue weighted by Crippen LogP contribution is -2.20. The molecule has 1 heterocycles. The van der Waals surface area contributed by atoms with E-state index < -0.39 is 6.36 Å². The molecule has 4 nitrogen and oxygen atoms in total. The topological polar surface area (TPSA) is 47.3 Å². The maximum atomic E-state index is 12.3. The van der Waals surface area contributed by atoms with Gasteiger partial charge in [-0.05, 0) is 6.07 Å². The zero-order valence-corrected chi connectivity index (χ0v) is 11.4. The predicted octanol–water partition coefficient (Wildman–Crippen LogP) is 3.43. The summed E-state index contributed by atoms with van der Waals surface area (Å²) in [7, 11) is 0. The van der Waals surface area contributed by atoms with Crippen LogP contribution >= 0.6 is 0 Å². The second kappa shape index (κ2) is 6.62. The van der Waals surface area contributed by atoms with E-state index in [1.165, 1.54) is 12.1 Å². The third kappa shape index (κ3) is 4.78. The zero-order chi connectivity index (χ0) is 15.3. The first-order valence-corrected chi connectivity index (χ1v) is 6.46. The lowest BCUT2D eigenvalue weighted by molar-refractivity contribution is -0.274. The molecule has 7 heteroatoms. The van der Waals surface area contributed by atoms with E-state index >= 15 is 0 Å². The van der Waals surface area contributed by atoms with Gasteiger partial charge in [0.1, 0.15) is 11.5 Å². The summed E-state index contributed by atoms with van der Waals surface area (Å²) in [5, 5.41) is 2.98. The van der Waals surface area contributed by atoms with Gasteiger partial charge in [0.15, 0.2) is 0 Å². The molecule has 0 radical (unpaired) electrons. The average Bonchev–Trinajstić information content (AvgIpc) is 2.87. The van der Waals surface area contributed by atoms with E-state index in [0.717, 1.165) is 12.2 Å². The van der Waals surface area contributed by atoms with Crippen molar-refractivity contribution in [1.29, 1.82) is 0 Å². The second-order valence-electron chi connectivity index (χ2n) is 4.33. The molecule has 0 saturated heterocycles. The summed E-state index contributed by atoms with van der Waals surface area (Å²) in [4.78, 5) is 4.06. The number of alkyl halides is 3. The first kappa shape index (κ1) is 15.4. The van der Waals surface area contributed by atoms with Crippen molar-refractivity contribution in [3.05, 3.63) is 47.7 Å². The van der Waals surface area contributed by atoms with Gasteiger partial charge in [-0.25, -0.2) is 4.98 Å². The van der Waals surface area contributed by atoms with Crippen molar-refractivity contribution in [3.63, 3.8) is 0 Å². The highest BCUT2D eigenvalue weighted by atomic mass is 19.4. The van der Waals surface area contributed by atoms with Gasteiger partial charge in [0.2, 0.25) is 5.89 Å². The van der Waals surface area contributed by atoms with Crippen LogP contribution in [0.4, 0.5) is 13.2 Å². The average molecular weight is 300 g/mol. The van der Waals surface area contributed by atoms with Gasteiger partial charge in [-0.1, -0.05) is 25.1 Å². The van der Waals surface area contributed by atoms with Crippen LogP contribution in [0.15, 0.2) is 34.9 Å². The number of ether oxygens (including phenoxy) is 1. The summed E-state index contributed by atoms with van der Waals surface area (Å²) in [6.07, 6.45) is -2.32. The van der Waals surface area contributed by atoms with Crippen molar-refractivity contribution in [2.24, 2.45) is 0 Å². The summed E-state index contributed by atoms with van der Waals surface area (Å²) in [5.41, 5.74) is 0.414. The number of benzene rings is 1. The van der Waals surface area contributed by atoms with Crippen molar-refractivity contribution in [1.82, 2.24) is 10.3 Å². The lowest BCUT2D eigenvalue weighted by Gasteiger charge is -2.13. The van der Waals surface area contributed by atoms with Crippen molar-refractivity contribution in [2.45, 2.75) is 32.8 Å². The largest absolute Gasteiger partial charge is 0.573 e. The number of hydrogen-bond donors (Lipinski definition) is 1. The molecular weight excluding hydrogens is 285 g/mol. The minimum Gasteiger partial charge on any atom is -0.444 e. The van der Waals surface area contributed by atoms with Crippen LogP contribution in [-0.4, -0.2) is 11.3 Å². The zero-order valence-electron chi connectivity index (χ0n) is 11.4. The second-order valence-corrected chi connectivity index (χ2v) is 4.33. The van der Waals surface area contributed by atoms with Crippen LogP contribution in [0, 0.1) is 0 Å². The Balaban J connectivity index is 1.93. The normalized spacial score (nSPS) is 11.6. The molecule has 2 rings (SSSR count). The highest BCUT2D eigenvalue weighted by Gasteiger charge is 2.31. The maximum absolute atomic E-state index is 12.3. The number of nitrogens with one attached hydrogen (secondary N) is 1. The fourth-order valence-electron chi connectivity index (χ4n) is 1.77. The number of hydrogen-bond acceptors (Lipinski definition) is 4. The molecule has 0 aliphatic rings. The molecule has 1 N–H and O–H groups in total. The van der Waals surface area contributed by atoms with Crippen molar-refractivity contribution in [3.8, 4) is 5.75 Å². The molecule has 2 aromatic rings. The van der Waals surface area contributed by atoms with Gasteiger partial charge in [0.05, 0.1) is 12.7 Å². The molecule has 0 amide bonds. The Labute approximate surface area is 119 Å². The van der Waals surface area contributed by atoms with Crippen LogP contribution in [-0.2, 0) is 19.5 Å². The van der Waals surface area contributed by atoms with Crippen molar-refractivity contribution in [2.75, 3.05) is 0 Å². The summed E-state index contributed by atoms with van der Waals surface area (Å²) in [6, 6.07) is 6.00. The highest BCUT2D eigenvalue weighted by molar-refractivity contribution is 5.33. The molecule has 0 atom stereocenters. The molecular formula is C14H15F3N2O2. The fourth-order valence-corrected chi connectivity index (χ4v) is 1.77. The summed E-state index contributed by atoms with van der Waals surface area (Å²) in [5.74, 6) is 1.06. The van der Waals surface area contributed by atoms with Crippen LogP contribution in [0.1, 0.15) is 24.1 Å². The number of rotatable bonds is 6. The van der Waals surface area contributed by atoms with Crippen LogP contribution in [0.2, 0.25) is 0 Å². The Morgan fingerprint density at radius 1 is 1.24 bits per heavy atom. The Bertz CT molecular complexity index is 582. The lowest BCUT2D eigenvalue weighted by atomic mass is 10.2. The van der Waals surface area contributed by atoms with E-state index in [1.807, 2.05) is 6.92 Å². The standard InChI is InChI=1S/C14H15F3N2O2/c1-2-11-8-19-13(20-11)9-18-7-10-5-3-4-6-12(10)21-14(15,16)17/h3-6,8,18H,2,7,9H2,1H3. The third-order valence-electron chi connectivity index (χ3n) is 2.74. The summed E-state index contributed by atoms with van der Waals surface area (Å²) in [6.45, 7) is 2.50. The molecule has 21 heavy (non-hydrogen) atoms. The van der Waals surface area contributed by atoms with E-state index in [1.54, 1.807) is 18.3 Å². The summed E-state index contributed by atoms with van der Waals surface area (Å²) < 4.78 is 46.2. The predicted molar refractivity (Wildman–Crippen MR) is 69.5 cm³/mol. The molecule has 1 aromatic carbocycles. The van der Waals surface area contributed by atoms with Gasteiger partial charge in [0.25, 0.3) is 0 Å². The van der Waals surface area contributed by atoms with Crippen molar-refractivity contribution >= 4 is 0 Å². The van der Waals surface area contributed by atoms with Gasteiger partial charge in [-0.15, -0.1) is 13.2 Å². The Hall–Kier alpha value is -2.02. The molecule has 114 valence electrons. The van der Waals surface area contributed by atoms with E-state index in [-0.39, 0.29) is 12.3 Å². The SMILES string of the molecule is CCc1cnc(CNCc2ccccc2OC(F)(F)F)o1. The Morgan fingerprint density at radius 2 is 2.00 bits per heavy atom. The van der Waals surface area contributed by atoms with Gasteiger partial charge in [-0.3, -0.25) is 0 Å². The quantitative estimate of drug-likeness (QED) is 0.888. The van der Waals surface area contributed by atoms with Crippen LogP contribution in [0.3, 0.4) is 0 Å². The number of para-hydroxylation sites is 1. The molecule has 0 aliphatic carbocycles. The van der Waals surface area contributed by atoms with Crippen LogP contribution in [0.5, 0.6) is 5.75 Å². The highest BCUT2D eigenvalue weighted by Crippen LogP contribution is 2.26. The van der Waals surface area contributed by atoms with E-state index in [9.17, 15) is 13.2 Å². The first-order chi connectivity index (χ1) is 9.98. The molecule has 0 bridgehead atoms. The van der Waals surface area contributed by atoms with Gasteiger partial charge in [0, 0.05) is 18.5 Å². The van der Waals surface area contributed by atoms with Crippen LogP contribution in [0.25, 0.3) is 0 Å². The smallest absolute Gasteiger partial charge is 0.444 e. The molecule has 0 fully saturated rings. The van der Waals surface area contributed by atoms with E-state index in [0.29, 0.717) is 18.0 Å². The molecule has 0 saturated carbocycles.